The SMILES string of the molecule is C1=C(c2ccc(Oc3ccc(Oc4ccc(C5=CC(c6ccccc6)OC(c6ccccc6)=C5)cc4)cc3)cc2)C=C(c2ccccc2)OC1c1ccccc1. The maximum atomic E-state index is 6.47. The number of ether oxygens (including phenoxy) is 4. The van der Waals surface area contributed by atoms with Gasteiger partial charge in [-0.25, -0.2) is 0 Å². The summed E-state index contributed by atoms with van der Waals surface area (Å²) in [6.45, 7) is 0. The minimum absolute atomic E-state index is 0.191. The Morgan fingerprint density at radius 2 is 0.607 bits per heavy atom. The van der Waals surface area contributed by atoms with Crippen molar-refractivity contribution in [2.45, 2.75) is 12.2 Å². The lowest BCUT2D eigenvalue weighted by Gasteiger charge is -2.24. The quantitative estimate of drug-likeness (QED) is 0.141. The van der Waals surface area contributed by atoms with E-state index in [-0.39, 0.29) is 12.2 Å². The minimum atomic E-state index is -0.191. The fraction of sp³-hybridized carbons (Fsp3) is 0.0385. The van der Waals surface area contributed by atoms with Gasteiger partial charge >= 0.3 is 0 Å². The second kappa shape index (κ2) is 16.0. The van der Waals surface area contributed by atoms with Crippen LogP contribution in [0.3, 0.4) is 0 Å². The lowest BCUT2D eigenvalue weighted by atomic mass is 9.96. The Kier molecular flexibility index (Phi) is 9.83. The van der Waals surface area contributed by atoms with Crippen LogP contribution in [0.15, 0.2) is 218 Å². The van der Waals surface area contributed by atoms with Gasteiger partial charge in [-0.3, -0.25) is 0 Å². The van der Waals surface area contributed by atoms with E-state index in [2.05, 4.69) is 97.1 Å². The zero-order chi connectivity index (χ0) is 37.5. The summed E-state index contributed by atoms with van der Waals surface area (Å²) >= 11 is 0. The van der Waals surface area contributed by atoms with Crippen LogP contribution in [0.5, 0.6) is 23.0 Å². The van der Waals surface area contributed by atoms with Crippen LogP contribution in [0, 0.1) is 0 Å². The standard InChI is InChI=1S/C52H38O4/c1-5-13-39(14-6-1)49-33-43(34-50(55-49)40-15-7-2-8-16-40)37-21-25-45(26-22-37)53-47-29-31-48(32-30-47)54-46-27-23-38(24-28-46)44-35-51(41-17-9-3-10-18-41)56-52(36-44)42-19-11-4-12-20-42/h1-36,49,51H. The summed E-state index contributed by atoms with van der Waals surface area (Å²) < 4.78 is 25.4. The van der Waals surface area contributed by atoms with Gasteiger partial charge in [0.15, 0.2) is 0 Å². The normalized spacial score (nSPS) is 16.2. The number of hydrogen-bond donors (Lipinski definition) is 0. The zero-order valence-electron chi connectivity index (χ0n) is 30.6. The molecule has 0 bridgehead atoms. The Morgan fingerprint density at radius 3 is 0.946 bits per heavy atom. The van der Waals surface area contributed by atoms with Crippen LogP contribution in [0.1, 0.15) is 45.6 Å². The average Bonchev–Trinajstić information content (AvgIpc) is 3.28. The Bertz CT molecular complexity index is 2340. The molecule has 0 amide bonds. The third kappa shape index (κ3) is 7.96. The van der Waals surface area contributed by atoms with E-state index < -0.39 is 0 Å². The van der Waals surface area contributed by atoms with E-state index in [1.807, 2.05) is 121 Å². The van der Waals surface area contributed by atoms with Crippen molar-refractivity contribution in [1.82, 2.24) is 0 Å². The summed E-state index contributed by atoms with van der Waals surface area (Å²) in [4.78, 5) is 0. The van der Waals surface area contributed by atoms with E-state index in [9.17, 15) is 0 Å². The summed E-state index contributed by atoms with van der Waals surface area (Å²) in [6.07, 6.45) is 8.18. The van der Waals surface area contributed by atoms with Crippen molar-refractivity contribution in [3.05, 3.63) is 252 Å². The van der Waals surface area contributed by atoms with Gasteiger partial charge in [0.25, 0.3) is 0 Å². The van der Waals surface area contributed by atoms with Gasteiger partial charge in [0.1, 0.15) is 46.7 Å². The van der Waals surface area contributed by atoms with Crippen LogP contribution < -0.4 is 9.47 Å². The van der Waals surface area contributed by atoms with Crippen molar-refractivity contribution in [3.63, 3.8) is 0 Å². The fourth-order valence-electron chi connectivity index (χ4n) is 6.87. The third-order valence-corrected chi connectivity index (χ3v) is 9.79. The molecule has 0 radical (unpaired) electrons. The van der Waals surface area contributed by atoms with Gasteiger partial charge in [-0.1, -0.05) is 146 Å². The molecule has 7 aromatic rings. The fourth-order valence-corrected chi connectivity index (χ4v) is 6.87. The molecule has 0 saturated carbocycles. The Morgan fingerprint density at radius 1 is 0.304 bits per heavy atom. The van der Waals surface area contributed by atoms with Crippen LogP contribution >= 0.6 is 0 Å². The molecule has 0 fully saturated rings. The highest BCUT2D eigenvalue weighted by atomic mass is 16.5. The zero-order valence-corrected chi connectivity index (χ0v) is 30.6. The molecule has 9 rings (SSSR count). The predicted octanol–water partition coefficient (Wildman–Crippen LogP) is 13.7. The van der Waals surface area contributed by atoms with E-state index in [1.165, 1.54) is 0 Å². The predicted molar refractivity (Wildman–Crippen MR) is 225 cm³/mol. The molecule has 2 atom stereocenters. The first kappa shape index (κ1) is 34.5. The highest BCUT2D eigenvalue weighted by molar-refractivity contribution is 5.85. The summed E-state index contributed by atoms with van der Waals surface area (Å²) in [6, 6.07) is 65.1. The number of hydrogen-bond acceptors (Lipinski definition) is 4. The van der Waals surface area contributed by atoms with Crippen molar-refractivity contribution in [3.8, 4) is 23.0 Å². The Balaban J connectivity index is 0.871. The largest absolute Gasteiger partial charge is 0.481 e. The molecular weight excluding hydrogens is 689 g/mol. The molecule has 0 N–H and O–H groups in total. The summed E-state index contributed by atoms with van der Waals surface area (Å²) in [5.41, 5.74) is 8.67. The monoisotopic (exact) mass is 726 g/mol. The Labute approximate surface area is 327 Å². The molecule has 56 heavy (non-hydrogen) atoms. The molecule has 4 nitrogen and oxygen atoms in total. The highest BCUT2D eigenvalue weighted by Gasteiger charge is 2.22. The second-order valence-electron chi connectivity index (χ2n) is 13.6. The van der Waals surface area contributed by atoms with Gasteiger partial charge in [0, 0.05) is 11.1 Å². The maximum absolute atomic E-state index is 6.47. The lowest BCUT2D eigenvalue weighted by molar-refractivity contribution is 0.213. The smallest absolute Gasteiger partial charge is 0.143 e. The number of benzene rings is 7. The van der Waals surface area contributed by atoms with E-state index in [0.717, 1.165) is 79.0 Å². The van der Waals surface area contributed by atoms with Crippen LogP contribution in [-0.4, -0.2) is 0 Å². The van der Waals surface area contributed by atoms with Crippen LogP contribution in [0.2, 0.25) is 0 Å². The van der Waals surface area contributed by atoms with E-state index in [0.29, 0.717) is 0 Å². The first-order chi connectivity index (χ1) is 27.7. The molecule has 2 unspecified atom stereocenters. The van der Waals surface area contributed by atoms with Crippen molar-refractivity contribution in [2.75, 3.05) is 0 Å². The van der Waals surface area contributed by atoms with Crippen LogP contribution in [0.25, 0.3) is 22.7 Å². The molecule has 4 heteroatoms. The molecule has 0 saturated heterocycles. The molecular formula is C52H38O4. The van der Waals surface area contributed by atoms with Gasteiger partial charge in [0.05, 0.1) is 0 Å². The molecule has 0 spiro atoms. The molecule has 0 aliphatic carbocycles. The van der Waals surface area contributed by atoms with E-state index in [4.69, 9.17) is 18.9 Å². The average molecular weight is 727 g/mol. The van der Waals surface area contributed by atoms with Crippen molar-refractivity contribution >= 4 is 22.7 Å². The van der Waals surface area contributed by atoms with E-state index >= 15 is 0 Å². The minimum Gasteiger partial charge on any atom is -0.481 e. The van der Waals surface area contributed by atoms with Crippen LogP contribution in [0.4, 0.5) is 0 Å². The molecule has 2 aliphatic rings. The topological polar surface area (TPSA) is 36.9 Å². The van der Waals surface area contributed by atoms with Crippen molar-refractivity contribution < 1.29 is 18.9 Å². The first-order valence-electron chi connectivity index (χ1n) is 18.8. The van der Waals surface area contributed by atoms with Crippen molar-refractivity contribution in [1.29, 1.82) is 0 Å². The van der Waals surface area contributed by atoms with Gasteiger partial charge in [0.2, 0.25) is 0 Å². The molecule has 2 heterocycles. The summed E-state index contributed by atoms with van der Waals surface area (Å²) in [7, 11) is 0. The van der Waals surface area contributed by atoms with Crippen LogP contribution in [-0.2, 0) is 9.47 Å². The van der Waals surface area contributed by atoms with Gasteiger partial charge in [-0.05, 0) is 106 Å². The Hall–Kier alpha value is -7.30. The van der Waals surface area contributed by atoms with Crippen molar-refractivity contribution in [2.24, 2.45) is 0 Å². The summed E-state index contributed by atoms with van der Waals surface area (Å²) in [5.74, 6) is 4.64. The number of rotatable bonds is 10. The van der Waals surface area contributed by atoms with Gasteiger partial charge in [-0.15, -0.1) is 0 Å². The van der Waals surface area contributed by atoms with E-state index in [1.54, 1.807) is 0 Å². The molecule has 7 aromatic carbocycles. The first-order valence-corrected chi connectivity index (χ1v) is 18.8. The molecule has 0 aromatic heterocycles. The van der Waals surface area contributed by atoms with Gasteiger partial charge in [-0.2, -0.15) is 0 Å². The summed E-state index contributed by atoms with van der Waals surface area (Å²) in [5, 5.41) is 0. The molecule has 270 valence electrons. The number of allylic oxidation sites excluding steroid dienone is 4. The highest BCUT2D eigenvalue weighted by Crippen LogP contribution is 2.39. The lowest BCUT2D eigenvalue weighted by Crippen LogP contribution is -2.07. The maximum Gasteiger partial charge on any atom is 0.143 e. The third-order valence-electron chi connectivity index (χ3n) is 9.79. The molecule has 2 aliphatic heterocycles. The second-order valence-corrected chi connectivity index (χ2v) is 13.6. The van der Waals surface area contributed by atoms with Gasteiger partial charge < -0.3 is 18.9 Å².